The highest BCUT2D eigenvalue weighted by molar-refractivity contribution is 5.62. The fraction of sp³-hybridized carbons (Fsp3) is 0.368. The molecule has 0 saturated carbocycles. The van der Waals surface area contributed by atoms with Crippen molar-refractivity contribution >= 4 is 11.4 Å². The van der Waals surface area contributed by atoms with Crippen LogP contribution >= 0.6 is 0 Å². The first-order valence-corrected chi connectivity index (χ1v) is 8.61. The first-order valence-electron chi connectivity index (χ1n) is 8.61. The lowest BCUT2D eigenvalue weighted by molar-refractivity contribution is 0.219. The van der Waals surface area contributed by atoms with Gasteiger partial charge in [0.05, 0.1) is 24.0 Å². The number of benzene rings is 2. The molecule has 1 atom stereocenters. The first-order chi connectivity index (χ1) is 12.3. The molecule has 25 heavy (non-hydrogen) atoms. The summed E-state index contributed by atoms with van der Waals surface area (Å²) in [5, 5.41) is 6.77. The highest BCUT2D eigenvalue weighted by Gasteiger charge is 2.20. The van der Waals surface area contributed by atoms with Gasteiger partial charge in [0.25, 0.3) is 0 Å². The van der Waals surface area contributed by atoms with Crippen molar-refractivity contribution in [3.63, 3.8) is 0 Å². The van der Waals surface area contributed by atoms with Gasteiger partial charge in [-0.3, -0.25) is 0 Å². The Kier molecular flexibility index (Phi) is 4.41. The summed E-state index contributed by atoms with van der Waals surface area (Å²) in [5.74, 6) is 3.33. The van der Waals surface area contributed by atoms with Gasteiger partial charge in [-0.1, -0.05) is 0 Å². The van der Waals surface area contributed by atoms with Crippen molar-refractivity contribution in [3.8, 4) is 23.0 Å². The van der Waals surface area contributed by atoms with Crippen LogP contribution in [0.15, 0.2) is 36.4 Å². The molecule has 2 heterocycles. The largest absolute Gasteiger partial charge is 0.494 e. The first kappa shape index (κ1) is 15.7. The van der Waals surface area contributed by atoms with Crippen LogP contribution < -0.4 is 29.6 Å². The van der Waals surface area contributed by atoms with E-state index in [4.69, 9.17) is 18.9 Å². The summed E-state index contributed by atoms with van der Waals surface area (Å²) >= 11 is 0. The maximum Gasteiger partial charge on any atom is 0.146 e. The zero-order chi connectivity index (χ0) is 17.1. The van der Waals surface area contributed by atoms with Gasteiger partial charge in [-0.2, -0.15) is 0 Å². The van der Waals surface area contributed by atoms with Gasteiger partial charge in [0.2, 0.25) is 0 Å². The number of nitrogens with one attached hydrogen (secondary N) is 2. The fourth-order valence-corrected chi connectivity index (χ4v) is 2.95. The molecule has 0 aliphatic carbocycles. The third-order valence-electron chi connectivity index (χ3n) is 4.14. The molecule has 0 aromatic heterocycles. The second-order valence-electron chi connectivity index (χ2n) is 5.99. The van der Waals surface area contributed by atoms with Crippen molar-refractivity contribution in [1.29, 1.82) is 0 Å². The van der Waals surface area contributed by atoms with E-state index in [1.165, 1.54) is 0 Å². The van der Waals surface area contributed by atoms with E-state index in [0.29, 0.717) is 26.4 Å². The second-order valence-corrected chi connectivity index (χ2v) is 5.99. The number of fused-ring (bicyclic) bond motifs is 2. The maximum atomic E-state index is 5.93. The number of hydrogen-bond donors (Lipinski definition) is 2. The molecular weight excluding hydrogens is 320 g/mol. The van der Waals surface area contributed by atoms with E-state index in [1.54, 1.807) is 0 Å². The van der Waals surface area contributed by atoms with Crippen molar-refractivity contribution in [1.82, 2.24) is 0 Å². The highest BCUT2D eigenvalue weighted by Crippen LogP contribution is 2.34. The smallest absolute Gasteiger partial charge is 0.146 e. The Labute approximate surface area is 147 Å². The second kappa shape index (κ2) is 7.01. The lowest BCUT2D eigenvalue weighted by atomic mass is 10.2. The highest BCUT2D eigenvalue weighted by atomic mass is 16.5. The van der Waals surface area contributed by atoms with Crippen molar-refractivity contribution in [3.05, 3.63) is 36.4 Å². The van der Waals surface area contributed by atoms with E-state index in [0.717, 1.165) is 40.9 Å². The van der Waals surface area contributed by atoms with Crippen LogP contribution in [0.3, 0.4) is 0 Å². The molecule has 0 amide bonds. The van der Waals surface area contributed by atoms with Crippen molar-refractivity contribution < 1.29 is 18.9 Å². The molecule has 2 aromatic rings. The molecule has 0 saturated heterocycles. The monoisotopic (exact) mass is 342 g/mol. The third kappa shape index (κ3) is 3.52. The molecule has 0 spiro atoms. The van der Waals surface area contributed by atoms with Crippen LogP contribution in [-0.2, 0) is 0 Å². The SMILES string of the molecule is CCOc1ccc2c(c1)OCC(COc1ccc3c(c1)NCCO3)N2. The average Bonchev–Trinajstić information content (AvgIpc) is 2.66. The molecule has 6 nitrogen and oxygen atoms in total. The molecular formula is C19H22N2O4. The minimum atomic E-state index is 0.0886. The predicted molar refractivity (Wildman–Crippen MR) is 96.4 cm³/mol. The Bertz CT molecular complexity index is 750. The molecule has 4 rings (SSSR count). The van der Waals surface area contributed by atoms with E-state index >= 15 is 0 Å². The van der Waals surface area contributed by atoms with Crippen LogP contribution in [0.4, 0.5) is 11.4 Å². The van der Waals surface area contributed by atoms with Gasteiger partial charge in [0.1, 0.15) is 42.8 Å². The van der Waals surface area contributed by atoms with Crippen LogP contribution in [0.25, 0.3) is 0 Å². The van der Waals surface area contributed by atoms with Gasteiger partial charge in [-0.25, -0.2) is 0 Å². The third-order valence-corrected chi connectivity index (χ3v) is 4.14. The van der Waals surface area contributed by atoms with Gasteiger partial charge in [0.15, 0.2) is 0 Å². The summed E-state index contributed by atoms with van der Waals surface area (Å²) in [5.41, 5.74) is 1.94. The summed E-state index contributed by atoms with van der Waals surface area (Å²) in [4.78, 5) is 0. The Morgan fingerprint density at radius 1 is 1.00 bits per heavy atom. The number of anilines is 2. The van der Waals surface area contributed by atoms with Crippen LogP contribution in [0.5, 0.6) is 23.0 Å². The molecule has 2 N–H and O–H groups in total. The lowest BCUT2D eigenvalue weighted by Crippen LogP contribution is -2.36. The molecule has 1 unspecified atom stereocenters. The molecule has 0 bridgehead atoms. The number of rotatable bonds is 5. The van der Waals surface area contributed by atoms with Gasteiger partial charge in [0, 0.05) is 18.7 Å². The van der Waals surface area contributed by atoms with E-state index in [9.17, 15) is 0 Å². The van der Waals surface area contributed by atoms with Crippen molar-refractivity contribution in [2.24, 2.45) is 0 Å². The molecule has 0 fully saturated rings. The van der Waals surface area contributed by atoms with Crippen LogP contribution in [0, 0.1) is 0 Å². The predicted octanol–water partition coefficient (Wildman–Crippen LogP) is 3.14. The molecule has 132 valence electrons. The van der Waals surface area contributed by atoms with E-state index in [1.807, 2.05) is 43.3 Å². The minimum Gasteiger partial charge on any atom is -0.494 e. The standard InChI is InChI=1S/C19H22N2O4/c1-2-22-15-3-5-16-19(10-15)25-12-13(21-16)11-24-14-4-6-18-17(9-14)20-7-8-23-18/h3-6,9-10,13,20-21H,2,7-8,11-12H2,1H3. The Hall–Kier alpha value is -2.76. The van der Waals surface area contributed by atoms with Crippen molar-refractivity contribution in [2.75, 3.05) is 43.6 Å². The molecule has 0 radical (unpaired) electrons. The summed E-state index contributed by atoms with van der Waals surface area (Å²) < 4.78 is 22.9. The lowest BCUT2D eigenvalue weighted by Gasteiger charge is -2.28. The number of ether oxygens (including phenoxy) is 4. The quantitative estimate of drug-likeness (QED) is 0.870. The topological polar surface area (TPSA) is 61.0 Å². The average molecular weight is 342 g/mol. The molecule has 6 heteroatoms. The molecule has 2 aromatic carbocycles. The summed E-state index contributed by atoms with van der Waals surface area (Å²) in [6.07, 6.45) is 0. The van der Waals surface area contributed by atoms with Gasteiger partial charge < -0.3 is 29.6 Å². The van der Waals surface area contributed by atoms with Gasteiger partial charge in [-0.05, 0) is 31.2 Å². The van der Waals surface area contributed by atoms with Gasteiger partial charge in [-0.15, -0.1) is 0 Å². The van der Waals surface area contributed by atoms with E-state index in [-0.39, 0.29) is 6.04 Å². The Morgan fingerprint density at radius 2 is 1.88 bits per heavy atom. The zero-order valence-electron chi connectivity index (χ0n) is 14.2. The minimum absolute atomic E-state index is 0.0886. The Balaban J connectivity index is 1.36. The van der Waals surface area contributed by atoms with Crippen molar-refractivity contribution in [2.45, 2.75) is 13.0 Å². The molecule has 2 aliphatic heterocycles. The van der Waals surface area contributed by atoms with Crippen LogP contribution in [-0.4, -0.2) is 39.0 Å². The summed E-state index contributed by atoms with van der Waals surface area (Å²) in [6.45, 7) is 5.19. The normalized spacial score (nSPS) is 17.7. The maximum absolute atomic E-state index is 5.93. The summed E-state index contributed by atoms with van der Waals surface area (Å²) in [6, 6.07) is 11.8. The zero-order valence-corrected chi connectivity index (χ0v) is 14.2. The van der Waals surface area contributed by atoms with Crippen LogP contribution in [0.1, 0.15) is 6.92 Å². The van der Waals surface area contributed by atoms with E-state index in [2.05, 4.69) is 10.6 Å². The van der Waals surface area contributed by atoms with Crippen LogP contribution in [0.2, 0.25) is 0 Å². The summed E-state index contributed by atoms with van der Waals surface area (Å²) in [7, 11) is 0. The van der Waals surface area contributed by atoms with Gasteiger partial charge >= 0.3 is 0 Å². The fourth-order valence-electron chi connectivity index (χ4n) is 2.95. The molecule has 2 aliphatic rings. The van der Waals surface area contributed by atoms with E-state index < -0.39 is 0 Å². The Morgan fingerprint density at radius 3 is 2.80 bits per heavy atom. The number of hydrogen-bond acceptors (Lipinski definition) is 6.